The van der Waals surface area contributed by atoms with Gasteiger partial charge in [-0.25, -0.2) is 0 Å². The van der Waals surface area contributed by atoms with Crippen LogP contribution in [-0.2, 0) is 14.3 Å². The van der Waals surface area contributed by atoms with Gasteiger partial charge in [0.1, 0.15) is 0 Å². The molecule has 0 aromatic heterocycles. The number of hydrogen-bond acceptors (Lipinski definition) is 7. The number of carbonyl (C=O) groups excluding carboxylic acids is 2. The van der Waals surface area contributed by atoms with Gasteiger partial charge in [0, 0.05) is 74.0 Å². The van der Waals surface area contributed by atoms with Gasteiger partial charge < -0.3 is 30.1 Å². The van der Waals surface area contributed by atoms with E-state index in [0.29, 0.717) is 6.54 Å². The number of hydrogen-bond donors (Lipinski definition) is 2. The number of anilines is 4. The van der Waals surface area contributed by atoms with Gasteiger partial charge in [0.15, 0.2) is 5.78 Å². The molecular formula is C28H37N5O3. The number of amides is 1. The summed E-state index contributed by atoms with van der Waals surface area (Å²) in [5.74, 6) is 0.211. The van der Waals surface area contributed by atoms with E-state index >= 15 is 0 Å². The normalized spacial score (nSPS) is 24.3. The molecule has 192 valence electrons. The minimum atomic E-state index is -0.178. The summed E-state index contributed by atoms with van der Waals surface area (Å²) >= 11 is 0. The smallest absolute Gasteiger partial charge is 0.224 e. The monoisotopic (exact) mass is 491 g/mol. The summed E-state index contributed by atoms with van der Waals surface area (Å²) in [6.45, 7) is 11.0. The van der Waals surface area contributed by atoms with E-state index in [-0.39, 0.29) is 29.8 Å². The van der Waals surface area contributed by atoms with E-state index in [2.05, 4.69) is 69.8 Å². The molecule has 3 heterocycles. The van der Waals surface area contributed by atoms with E-state index in [0.717, 1.165) is 68.4 Å². The Morgan fingerprint density at radius 3 is 2.42 bits per heavy atom. The maximum absolute atomic E-state index is 12.6. The van der Waals surface area contributed by atoms with Crippen LogP contribution in [-0.4, -0.2) is 69.7 Å². The molecular weight excluding hydrogens is 454 g/mol. The maximum Gasteiger partial charge on any atom is 0.224 e. The fourth-order valence-corrected chi connectivity index (χ4v) is 5.81. The van der Waals surface area contributed by atoms with Crippen LogP contribution in [0.25, 0.3) is 0 Å². The molecule has 1 amide bonds. The van der Waals surface area contributed by atoms with Gasteiger partial charge in [0.2, 0.25) is 5.91 Å². The first-order valence-corrected chi connectivity index (χ1v) is 13.0. The average Bonchev–Trinajstić information content (AvgIpc) is 2.89. The predicted molar refractivity (Wildman–Crippen MR) is 144 cm³/mol. The van der Waals surface area contributed by atoms with Crippen molar-refractivity contribution >= 4 is 34.4 Å². The molecule has 2 saturated heterocycles. The number of ketones is 1. The highest BCUT2D eigenvalue weighted by Crippen LogP contribution is 2.41. The first-order chi connectivity index (χ1) is 17.4. The molecule has 0 radical (unpaired) electrons. The van der Waals surface area contributed by atoms with E-state index in [4.69, 9.17) is 4.74 Å². The summed E-state index contributed by atoms with van der Waals surface area (Å²) in [5.41, 5.74) is 5.34. The van der Waals surface area contributed by atoms with Gasteiger partial charge in [0.05, 0.1) is 25.3 Å². The van der Waals surface area contributed by atoms with Gasteiger partial charge in [-0.1, -0.05) is 0 Å². The maximum atomic E-state index is 12.6. The lowest BCUT2D eigenvalue weighted by atomic mass is 9.90. The minimum absolute atomic E-state index is 0.0496. The molecule has 3 atom stereocenters. The van der Waals surface area contributed by atoms with E-state index in [1.165, 1.54) is 5.69 Å². The predicted octanol–water partition coefficient (Wildman–Crippen LogP) is 3.19. The fraction of sp³-hybridized carbons (Fsp3) is 0.500. The molecule has 36 heavy (non-hydrogen) atoms. The molecule has 0 bridgehead atoms. The van der Waals surface area contributed by atoms with Gasteiger partial charge in [-0.2, -0.15) is 0 Å². The molecule has 0 saturated carbocycles. The van der Waals surface area contributed by atoms with Gasteiger partial charge in [0.25, 0.3) is 0 Å². The topological polar surface area (TPSA) is 77.2 Å². The van der Waals surface area contributed by atoms with Crippen LogP contribution in [0, 0.1) is 0 Å². The Kier molecular flexibility index (Phi) is 7.16. The molecule has 2 fully saturated rings. The van der Waals surface area contributed by atoms with Crippen molar-refractivity contribution in [3.05, 3.63) is 48.0 Å². The zero-order valence-electron chi connectivity index (χ0n) is 21.5. The SMILES string of the molecule is CC(=O)C1CNCCN1c1ccc2c(c1)C(Nc1ccc(N3CCOCC3)cc1)CC(C)N2C(C)=O. The first kappa shape index (κ1) is 24.6. The summed E-state index contributed by atoms with van der Waals surface area (Å²) in [7, 11) is 0. The number of piperazine rings is 1. The largest absolute Gasteiger partial charge is 0.378 e. The molecule has 2 aromatic carbocycles. The van der Waals surface area contributed by atoms with E-state index in [1.54, 1.807) is 13.8 Å². The van der Waals surface area contributed by atoms with Crippen molar-refractivity contribution in [2.45, 2.75) is 45.3 Å². The zero-order chi connectivity index (χ0) is 25.2. The van der Waals surface area contributed by atoms with Crippen LogP contribution in [0.15, 0.2) is 42.5 Å². The van der Waals surface area contributed by atoms with Crippen LogP contribution in [0.4, 0.5) is 22.7 Å². The lowest BCUT2D eigenvalue weighted by molar-refractivity contribution is -0.118. The molecule has 3 aliphatic heterocycles. The van der Waals surface area contributed by atoms with Crippen molar-refractivity contribution in [3.8, 4) is 0 Å². The molecule has 2 N–H and O–H groups in total. The second-order valence-electron chi connectivity index (χ2n) is 10.1. The van der Waals surface area contributed by atoms with Crippen molar-refractivity contribution in [1.29, 1.82) is 0 Å². The minimum Gasteiger partial charge on any atom is -0.378 e. The average molecular weight is 492 g/mol. The van der Waals surface area contributed by atoms with Crippen LogP contribution < -0.4 is 25.3 Å². The van der Waals surface area contributed by atoms with E-state index in [1.807, 2.05) is 4.90 Å². The summed E-state index contributed by atoms with van der Waals surface area (Å²) < 4.78 is 5.48. The number of nitrogens with one attached hydrogen (secondary N) is 2. The summed E-state index contributed by atoms with van der Waals surface area (Å²) in [5, 5.41) is 7.08. The quantitative estimate of drug-likeness (QED) is 0.665. The Bertz CT molecular complexity index is 1100. The molecule has 3 unspecified atom stereocenters. The summed E-state index contributed by atoms with van der Waals surface area (Å²) in [6, 6.07) is 14.8. The van der Waals surface area contributed by atoms with E-state index in [9.17, 15) is 9.59 Å². The number of morpholine rings is 1. The number of nitrogens with zero attached hydrogens (tertiary/aromatic N) is 3. The lowest BCUT2D eigenvalue weighted by Gasteiger charge is -2.41. The molecule has 3 aliphatic rings. The Morgan fingerprint density at radius 1 is 1.00 bits per heavy atom. The third-order valence-electron chi connectivity index (χ3n) is 7.63. The highest BCUT2D eigenvalue weighted by Gasteiger charge is 2.34. The Labute approximate surface area is 213 Å². The highest BCUT2D eigenvalue weighted by atomic mass is 16.5. The second kappa shape index (κ2) is 10.5. The van der Waals surface area contributed by atoms with Gasteiger partial charge >= 0.3 is 0 Å². The molecule has 8 nitrogen and oxygen atoms in total. The van der Waals surface area contributed by atoms with Crippen molar-refractivity contribution in [1.82, 2.24) is 5.32 Å². The zero-order valence-corrected chi connectivity index (χ0v) is 21.5. The van der Waals surface area contributed by atoms with E-state index < -0.39 is 0 Å². The third-order valence-corrected chi connectivity index (χ3v) is 7.63. The Hall–Kier alpha value is -3.10. The van der Waals surface area contributed by atoms with Crippen LogP contribution >= 0.6 is 0 Å². The number of rotatable bonds is 5. The number of fused-ring (bicyclic) bond motifs is 1. The van der Waals surface area contributed by atoms with Crippen molar-refractivity contribution in [3.63, 3.8) is 0 Å². The lowest BCUT2D eigenvalue weighted by Crippen LogP contribution is -2.54. The van der Waals surface area contributed by atoms with Crippen LogP contribution in [0.1, 0.15) is 38.8 Å². The standard InChI is InChI=1S/C28H37N5O3/c1-19-16-26(30-22-4-6-23(7-5-22)31-12-14-36-15-13-31)25-17-24(8-9-27(25)33(19)21(3)35)32-11-10-29-18-28(32)20(2)34/h4-9,17,19,26,28-30H,10-16,18H2,1-3H3. The number of Topliss-reactive ketones (excluding diaryl/α,β-unsaturated/α-hetero) is 1. The number of ether oxygens (including phenoxy) is 1. The van der Waals surface area contributed by atoms with Gasteiger partial charge in [-0.05, 0) is 62.7 Å². The van der Waals surface area contributed by atoms with Crippen LogP contribution in [0.3, 0.4) is 0 Å². The third kappa shape index (κ3) is 4.92. The molecule has 8 heteroatoms. The molecule has 2 aromatic rings. The number of benzene rings is 2. The molecule has 5 rings (SSSR count). The fourth-order valence-electron chi connectivity index (χ4n) is 5.81. The first-order valence-electron chi connectivity index (χ1n) is 13.0. The highest BCUT2D eigenvalue weighted by molar-refractivity contribution is 5.94. The Morgan fingerprint density at radius 2 is 1.72 bits per heavy atom. The van der Waals surface area contributed by atoms with Crippen molar-refractivity contribution < 1.29 is 14.3 Å². The molecule has 0 spiro atoms. The number of carbonyl (C=O) groups is 2. The van der Waals surface area contributed by atoms with Crippen molar-refractivity contribution in [2.75, 3.05) is 66.0 Å². The second-order valence-corrected chi connectivity index (χ2v) is 10.1. The summed E-state index contributed by atoms with van der Waals surface area (Å²) in [6.07, 6.45) is 0.805. The molecule has 0 aliphatic carbocycles. The van der Waals surface area contributed by atoms with Gasteiger partial charge in [-0.3, -0.25) is 9.59 Å². The van der Waals surface area contributed by atoms with Gasteiger partial charge in [-0.15, -0.1) is 0 Å². The summed E-state index contributed by atoms with van der Waals surface area (Å²) in [4.78, 5) is 31.4. The van der Waals surface area contributed by atoms with Crippen LogP contribution in [0.2, 0.25) is 0 Å². The Balaban J connectivity index is 1.44. The van der Waals surface area contributed by atoms with Crippen molar-refractivity contribution in [2.24, 2.45) is 0 Å². The van der Waals surface area contributed by atoms with Crippen LogP contribution in [0.5, 0.6) is 0 Å².